The SMILES string of the molecule is CCCON=C1CCCc2[nH]cc(C(=O)O)c21. The average molecular weight is 236 g/mol. The molecule has 5 heteroatoms. The van der Waals surface area contributed by atoms with Crippen molar-refractivity contribution in [1.82, 2.24) is 4.98 Å². The van der Waals surface area contributed by atoms with Crippen LogP contribution >= 0.6 is 0 Å². The van der Waals surface area contributed by atoms with E-state index in [0.717, 1.165) is 42.7 Å². The summed E-state index contributed by atoms with van der Waals surface area (Å²) >= 11 is 0. The van der Waals surface area contributed by atoms with E-state index >= 15 is 0 Å². The monoisotopic (exact) mass is 236 g/mol. The van der Waals surface area contributed by atoms with Crippen molar-refractivity contribution in [3.63, 3.8) is 0 Å². The molecule has 0 saturated heterocycles. The highest BCUT2D eigenvalue weighted by Gasteiger charge is 2.24. The van der Waals surface area contributed by atoms with Crippen LogP contribution in [0.15, 0.2) is 11.4 Å². The molecular formula is C12H16N2O3. The largest absolute Gasteiger partial charge is 0.478 e. The molecule has 0 atom stereocenters. The second kappa shape index (κ2) is 5.03. The molecule has 5 nitrogen and oxygen atoms in total. The lowest BCUT2D eigenvalue weighted by Crippen LogP contribution is -2.15. The normalized spacial score (nSPS) is 16.9. The smallest absolute Gasteiger partial charge is 0.337 e. The number of aromatic nitrogens is 1. The van der Waals surface area contributed by atoms with Crippen molar-refractivity contribution in [2.45, 2.75) is 32.6 Å². The van der Waals surface area contributed by atoms with Crippen molar-refractivity contribution in [3.05, 3.63) is 23.0 Å². The van der Waals surface area contributed by atoms with Gasteiger partial charge in [-0.2, -0.15) is 0 Å². The first-order chi connectivity index (χ1) is 8.24. The topological polar surface area (TPSA) is 74.7 Å². The molecule has 0 spiro atoms. The maximum atomic E-state index is 11.1. The van der Waals surface area contributed by atoms with Gasteiger partial charge in [0.25, 0.3) is 0 Å². The molecule has 1 heterocycles. The van der Waals surface area contributed by atoms with Crippen molar-refractivity contribution < 1.29 is 14.7 Å². The number of aryl methyl sites for hydroxylation is 1. The standard InChI is InChI=1S/C12H16N2O3/c1-2-6-17-14-10-5-3-4-9-11(10)8(7-13-9)12(15)16/h7,13H,2-6H2,1H3,(H,15,16). The number of aromatic carboxylic acids is 1. The molecule has 0 aromatic carbocycles. The third kappa shape index (κ3) is 2.33. The molecule has 1 aromatic rings. The van der Waals surface area contributed by atoms with Gasteiger partial charge in [-0.25, -0.2) is 4.79 Å². The Hall–Kier alpha value is -1.78. The lowest BCUT2D eigenvalue weighted by Gasteiger charge is -2.14. The van der Waals surface area contributed by atoms with E-state index in [1.54, 1.807) is 0 Å². The number of carbonyl (C=O) groups is 1. The molecule has 17 heavy (non-hydrogen) atoms. The first-order valence-corrected chi connectivity index (χ1v) is 5.86. The fourth-order valence-corrected chi connectivity index (χ4v) is 2.03. The van der Waals surface area contributed by atoms with Gasteiger partial charge in [-0.15, -0.1) is 0 Å². The Morgan fingerprint density at radius 1 is 1.59 bits per heavy atom. The summed E-state index contributed by atoms with van der Waals surface area (Å²) in [6.45, 7) is 2.57. The van der Waals surface area contributed by atoms with Crippen LogP contribution in [0.3, 0.4) is 0 Å². The number of carboxylic acids is 1. The summed E-state index contributed by atoms with van der Waals surface area (Å²) in [5.74, 6) is -0.924. The van der Waals surface area contributed by atoms with E-state index in [2.05, 4.69) is 10.1 Å². The molecule has 0 fully saturated rings. The molecule has 1 aliphatic carbocycles. The van der Waals surface area contributed by atoms with Crippen LogP contribution in [-0.2, 0) is 11.3 Å². The summed E-state index contributed by atoms with van der Waals surface area (Å²) in [6.07, 6.45) is 5.04. The van der Waals surface area contributed by atoms with Crippen LogP contribution in [0.2, 0.25) is 0 Å². The van der Waals surface area contributed by atoms with E-state index in [4.69, 9.17) is 9.94 Å². The van der Waals surface area contributed by atoms with Crippen molar-refractivity contribution in [3.8, 4) is 0 Å². The lowest BCUT2D eigenvalue weighted by molar-refractivity contribution is 0.0696. The van der Waals surface area contributed by atoms with Crippen molar-refractivity contribution >= 4 is 11.7 Å². The molecule has 0 unspecified atom stereocenters. The number of hydrogen-bond acceptors (Lipinski definition) is 3. The van der Waals surface area contributed by atoms with Crippen LogP contribution in [0.1, 0.15) is 47.8 Å². The average Bonchev–Trinajstić information content (AvgIpc) is 2.74. The minimum Gasteiger partial charge on any atom is -0.478 e. The van der Waals surface area contributed by atoms with Gasteiger partial charge in [0.05, 0.1) is 11.3 Å². The first-order valence-electron chi connectivity index (χ1n) is 5.86. The second-order valence-electron chi connectivity index (χ2n) is 4.09. The number of fused-ring (bicyclic) bond motifs is 1. The molecule has 0 aliphatic heterocycles. The van der Waals surface area contributed by atoms with E-state index in [-0.39, 0.29) is 0 Å². The van der Waals surface area contributed by atoms with Crippen molar-refractivity contribution in [2.24, 2.45) is 5.16 Å². The number of oxime groups is 1. The van der Waals surface area contributed by atoms with E-state index in [1.807, 2.05) is 6.92 Å². The Morgan fingerprint density at radius 2 is 2.41 bits per heavy atom. The Labute approximate surface area is 99.5 Å². The van der Waals surface area contributed by atoms with E-state index in [9.17, 15) is 4.79 Å². The molecule has 92 valence electrons. The second-order valence-corrected chi connectivity index (χ2v) is 4.09. The minimum atomic E-state index is -0.924. The van der Waals surface area contributed by atoms with Crippen molar-refractivity contribution in [2.75, 3.05) is 6.61 Å². The predicted octanol–water partition coefficient (Wildman–Crippen LogP) is 2.18. The predicted molar refractivity (Wildman–Crippen MR) is 63.5 cm³/mol. The summed E-state index contributed by atoms with van der Waals surface area (Å²) in [7, 11) is 0. The summed E-state index contributed by atoms with van der Waals surface area (Å²) in [5, 5.41) is 13.2. The Balaban J connectivity index is 2.31. The zero-order chi connectivity index (χ0) is 12.3. The number of rotatable bonds is 4. The lowest BCUT2D eigenvalue weighted by atomic mass is 9.93. The first kappa shape index (κ1) is 11.7. The van der Waals surface area contributed by atoms with Gasteiger partial charge in [0.1, 0.15) is 6.61 Å². The highest BCUT2D eigenvalue weighted by atomic mass is 16.6. The molecule has 0 saturated carbocycles. The maximum Gasteiger partial charge on any atom is 0.337 e. The van der Waals surface area contributed by atoms with Crippen LogP contribution < -0.4 is 0 Å². The number of carboxylic acid groups (broad SMARTS) is 1. The number of aromatic amines is 1. The molecule has 1 aromatic heterocycles. The van der Waals surface area contributed by atoms with Gasteiger partial charge in [0.15, 0.2) is 0 Å². The number of hydrogen-bond donors (Lipinski definition) is 2. The van der Waals surface area contributed by atoms with Gasteiger partial charge in [-0.3, -0.25) is 0 Å². The van der Waals surface area contributed by atoms with E-state index in [1.165, 1.54) is 6.20 Å². The van der Waals surface area contributed by atoms with Gasteiger partial charge in [-0.1, -0.05) is 12.1 Å². The molecule has 0 amide bonds. The Morgan fingerprint density at radius 3 is 3.12 bits per heavy atom. The van der Waals surface area contributed by atoms with Crippen LogP contribution in [0.4, 0.5) is 0 Å². The third-order valence-electron chi connectivity index (χ3n) is 2.79. The highest BCUT2D eigenvalue weighted by molar-refractivity contribution is 6.09. The third-order valence-corrected chi connectivity index (χ3v) is 2.79. The Bertz CT molecular complexity index is 449. The van der Waals surface area contributed by atoms with Crippen molar-refractivity contribution in [1.29, 1.82) is 0 Å². The highest BCUT2D eigenvalue weighted by Crippen LogP contribution is 2.24. The van der Waals surface area contributed by atoms with Gasteiger partial charge in [0, 0.05) is 17.5 Å². The fourth-order valence-electron chi connectivity index (χ4n) is 2.03. The molecule has 0 bridgehead atoms. The fraction of sp³-hybridized carbons (Fsp3) is 0.500. The number of H-pyrrole nitrogens is 1. The zero-order valence-electron chi connectivity index (χ0n) is 9.82. The van der Waals surface area contributed by atoms with Gasteiger partial charge >= 0.3 is 5.97 Å². The van der Waals surface area contributed by atoms with Crippen LogP contribution in [-0.4, -0.2) is 28.4 Å². The zero-order valence-corrected chi connectivity index (χ0v) is 9.82. The number of nitrogens with zero attached hydrogens (tertiary/aromatic N) is 1. The minimum absolute atomic E-state index is 0.290. The maximum absolute atomic E-state index is 11.1. The van der Waals surface area contributed by atoms with Gasteiger partial charge in [0.2, 0.25) is 0 Å². The molecule has 2 N–H and O–H groups in total. The van der Waals surface area contributed by atoms with Crippen LogP contribution in [0.5, 0.6) is 0 Å². The summed E-state index contributed by atoms with van der Waals surface area (Å²) in [4.78, 5) is 19.3. The number of nitrogens with one attached hydrogen (secondary N) is 1. The van der Waals surface area contributed by atoms with E-state index in [0.29, 0.717) is 12.2 Å². The molecular weight excluding hydrogens is 220 g/mol. The molecule has 0 radical (unpaired) electrons. The van der Waals surface area contributed by atoms with Crippen LogP contribution in [0.25, 0.3) is 0 Å². The molecule has 2 rings (SSSR count). The van der Waals surface area contributed by atoms with E-state index < -0.39 is 5.97 Å². The van der Waals surface area contributed by atoms with Crippen LogP contribution in [0, 0.1) is 0 Å². The summed E-state index contributed by atoms with van der Waals surface area (Å²) in [6, 6.07) is 0. The quantitative estimate of drug-likeness (QED) is 0.621. The van der Waals surface area contributed by atoms with Gasteiger partial charge < -0.3 is 14.9 Å². The van der Waals surface area contributed by atoms with Gasteiger partial charge in [-0.05, 0) is 25.7 Å². The summed E-state index contributed by atoms with van der Waals surface area (Å²) < 4.78 is 0. The molecule has 1 aliphatic rings. The summed E-state index contributed by atoms with van der Waals surface area (Å²) in [5.41, 5.74) is 2.71. The Kier molecular flexibility index (Phi) is 3.46.